The summed E-state index contributed by atoms with van der Waals surface area (Å²) in [6.45, 7) is 4.36. The van der Waals surface area contributed by atoms with Crippen LogP contribution in [0.4, 0.5) is 4.39 Å². The number of para-hydroxylation sites is 1. The molecular weight excluding hydrogens is 377 g/mol. The molecule has 1 N–H and O–H groups in total. The van der Waals surface area contributed by atoms with Gasteiger partial charge in [-0.05, 0) is 36.7 Å². The van der Waals surface area contributed by atoms with Crippen LogP contribution >= 0.6 is 12.4 Å². The lowest BCUT2D eigenvalue weighted by Gasteiger charge is -2.16. The molecule has 0 aliphatic carbocycles. The molecule has 0 aliphatic rings. The quantitative estimate of drug-likeness (QED) is 0.394. The molecule has 0 aliphatic heterocycles. The molecule has 156 valence electrons. The van der Waals surface area contributed by atoms with E-state index >= 15 is 0 Å². The molecule has 5 heteroatoms. The predicted octanol–water partition coefficient (Wildman–Crippen LogP) is 6.29. The topological polar surface area (TPSA) is 30.5 Å². The third-order valence-electron chi connectivity index (χ3n) is 4.60. The van der Waals surface area contributed by atoms with Crippen LogP contribution in [0.5, 0.6) is 11.5 Å². The molecule has 0 atom stereocenters. The monoisotopic (exact) mass is 409 g/mol. The zero-order chi connectivity index (χ0) is 19.3. The third kappa shape index (κ3) is 8.49. The molecule has 0 saturated carbocycles. The van der Waals surface area contributed by atoms with E-state index in [2.05, 4.69) is 18.3 Å². The molecule has 0 spiro atoms. The largest absolute Gasteiger partial charge is 0.493 e. The maximum atomic E-state index is 13.1. The van der Waals surface area contributed by atoms with Crippen LogP contribution in [0, 0.1) is 5.82 Å². The lowest BCUT2D eigenvalue weighted by atomic mass is 10.1. The van der Waals surface area contributed by atoms with Crippen molar-refractivity contribution in [2.24, 2.45) is 0 Å². The molecule has 0 saturated heterocycles. The fraction of sp³-hybridized carbons (Fsp3) is 0.478. The van der Waals surface area contributed by atoms with Crippen molar-refractivity contribution in [3.8, 4) is 11.5 Å². The molecular formula is C23H33ClFNO2. The summed E-state index contributed by atoms with van der Waals surface area (Å²) in [4.78, 5) is 0. The van der Waals surface area contributed by atoms with Crippen molar-refractivity contribution in [2.75, 3.05) is 13.7 Å². The minimum Gasteiger partial charge on any atom is -0.493 e. The second kappa shape index (κ2) is 14.3. The Morgan fingerprint density at radius 1 is 0.929 bits per heavy atom. The van der Waals surface area contributed by atoms with E-state index < -0.39 is 0 Å². The highest BCUT2D eigenvalue weighted by Gasteiger charge is 2.11. The Kier molecular flexibility index (Phi) is 12.3. The molecule has 0 aromatic heterocycles. The van der Waals surface area contributed by atoms with Gasteiger partial charge in [0.15, 0.2) is 11.5 Å². The maximum Gasteiger partial charge on any atom is 0.166 e. The number of nitrogens with one attached hydrogen (secondary N) is 1. The minimum atomic E-state index is -0.240. The van der Waals surface area contributed by atoms with Crippen LogP contribution in [0.1, 0.15) is 56.6 Å². The van der Waals surface area contributed by atoms with E-state index in [-0.39, 0.29) is 18.2 Å². The molecule has 28 heavy (non-hydrogen) atoms. The van der Waals surface area contributed by atoms with Gasteiger partial charge in [0.1, 0.15) is 12.4 Å². The average Bonchev–Trinajstić information content (AvgIpc) is 2.69. The van der Waals surface area contributed by atoms with Gasteiger partial charge < -0.3 is 14.8 Å². The number of rotatable bonds is 13. The van der Waals surface area contributed by atoms with Crippen LogP contribution in [0.3, 0.4) is 0 Å². The zero-order valence-corrected chi connectivity index (χ0v) is 17.8. The van der Waals surface area contributed by atoms with E-state index in [1.807, 2.05) is 12.1 Å². The Morgan fingerprint density at radius 2 is 1.64 bits per heavy atom. The van der Waals surface area contributed by atoms with Crippen molar-refractivity contribution in [3.63, 3.8) is 0 Å². The van der Waals surface area contributed by atoms with Gasteiger partial charge in [-0.25, -0.2) is 4.39 Å². The molecule has 2 rings (SSSR count). The summed E-state index contributed by atoms with van der Waals surface area (Å²) in [5.41, 5.74) is 2.00. The van der Waals surface area contributed by atoms with Crippen molar-refractivity contribution < 1.29 is 13.9 Å². The van der Waals surface area contributed by atoms with Gasteiger partial charge in [0.2, 0.25) is 0 Å². The normalized spacial score (nSPS) is 10.4. The number of benzene rings is 2. The highest BCUT2D eigenvalue weighted by Crippen LogP contribution is 2.31. The first-order valence-corrected chi connectivity index (χ1v) is 9.98. The van der Waals surface area contributed by atoms with E-state index in [4.69, 9.17) is 9.47 Å². The van der Waals surface area contributed by atoms with Gasteiger partial charge in [0.05, 0.1) is 7.11 Å². The summed E-state index contributed by atoms with van der Waals surface area (Å²) >= 11 is 0. The van der Waals surface area contributed by atoms with Crippen LogP contribution in [-0.4, -0.2) is 13.7 Å². The van der Waals surface area contributed by atoms with Crippen molar-refractivity contribution in [3.05, 3.63) is 59.4 Å². The number of ether oxygens (including phenoxy) is 2. The second-order valence-electron chi connectivity index (χ2n) is 6.81. The number of methoxy groups -OCH3 is 1. The third-order valence-corrected chi connectivity index (χ3v) is 4.60. The first kappa shape index (κ1) is 24.3. The lowest BCUT2D eigenvalue weighted by Crippen LogP contribution is -2.15. The van der Waals surface area contributed by atoms with Gasteiger partial charge in [-0.3, -0.25) is 0 Å². The molecule has 3 nitrogen and oxygen atoms in total. The standard InChI is InChI=1S/C23H32FNO2.ClH/c1-3-4-5-6-7-8-16-25-17-20-10-9-11-22(26-2)23(20)27-18-19-12-14-21(24)15-13-19;/h9-15,25H,3-8,16-18H2,1-2H3;1H. The van der Waals surface area contributed by atoms with Gasteiger partial charge in [0, 0.05) is 12.1 Å². The second-order valence-corrected chi connectivity index (χ2v) is 6.81. The Bertz CT molecular complexity index is 664. The minimum absolute atomic E-state index is 0. The average molecular weight is 410 g/mol. The summed E-state index contributed by atoms with van der Waals surface area (Å²) in [5.74, 6) is 1.23. The van der Waals surface area contributed by atoms with Crippen LogP contribution in [-0.2, 0) is 13.2 Å². The highest BCUT2D eigenvalue weighted by atomic mass is 35.5. The predicted molar refractivity (Wildman–Crippen MR) is 116 cm³/mol. The number of hydrogen-bond acceptors (Lipinski definition) is 3. The molecule has 2 aromatic rings. The Morgan fingerprint density at radius 3 is 2.36 bits per heavy atom. The summed E-state index contributed by atoms with van der Waals surface area (Å²) < 4.78 is 24.5. The van der Waals surface area contributed by atoms with Crippen LogP contribution in [0.25, 0.3) is 0 Å². The summed E-state index contributed by atoms with van der Waals surface area (Å²) in [5, 5.41) is 3.50. The van der Waals surface area contributed by atoms with Gasteiger partial charge in [-0.15, -0.1) is 12.4 Å². The van der Waals surface area contributed by atoms with E-state index in [1.54, 1.807) is 19.2 Å². The Hall–Kier alpha value is -1.78. The molecule has 0 fully saturated rings. The number of unbranched alkanes of at least 4 members (excludes halogenated alkanes) is 5. The van der Waals surface area contributed by atoms with E-state index in [0.717, 1.165) is 35.7 Å². The van der Waals surface area contributed by atoms with Crippen molar-refractivity contribution in [2.45, 2.75) is 58.6 Å². The van der Waals surface area contributed by atoms with E-state index in [9.17, 15) is 4.39 Å². The van der Waals surface area contributed by atoms with Crippen LogP contribution in [0.2, 0.25) is 0 Å². The lowest BCUT2D eigenvalue weighted by molar-refractivity contribution is 0.280. The van der Waals surface area contributed by atoms with Gasteiger partial charge in [-0.1, -0.05) is 63.3 Å². The van der Waals surface area contributed by atoms with Crippen molar-refractivity contribution >= 4 is 12.4 Å². The van der Waals surface area contributed by atoms with Crippen molar-refractivity contribution in [1.82, 2.24) is 5.32 Å². The summed E-state index contributed by atoms with van der Waals surface area (Å²) in [6, 6.07) is 12.3. The SMILES string of the molecule is CCCCCCCCNCc1cccc(OC)c1OCc1ccc(F)cc1.Cl. The van der Waals surface area contributed by atoms with Crippen LogP contribution < -0.4 is 14.8 Å². The first-order chi connectivity index (χ1) is 13.2. The maximum absolute atomic E-state index is 13.1. The fourth-order valence-electron chi connectivity index (χ4n) is 3.01. The van der Waals surface area contributed by atoms with E-state index in [0.29, 0.717) is 6.61 Å². The van der Waals surface area contributed by atoms with Gasteiger partial charge in [0.25, 0.3) is 0 Å². The van der Waals surface area contributed by atoms with Gasteiger partial charge >= 0.3 is 0 Å². The number of hydrogen-bond donors (Lipinski definition) is 1. The number of halogens is 2. The van der Waals surface area contributed by atoms with Crippen LogP contribution in [0.15, 0.2) is 42.5 Å². The molecule has 0 heterocycles. The zero-order valence-electron chi connectivity index (χ0n) is 17.0. The smallest absolute Gasteiger partial charge is 0.166 e. The fourth-order valence-corrected chi connectivity index (χ4v) is 3.01. The highest BCUT2D eigenvalue weighted by molar-refractivity contribution is 5.85. The Labute approximate surface area is 175 Å². The molecule has 0 radical (unpaired) electrons. The van der Waals surface area contributed by atoms with Crippen molar-refractivity contribution in [1.29, 1.82) is 0 Å². The molecule has 0 unspecified atom stereocenters. The van der Waals surface area contributed by atoms with E-state index in [1.165, 1.54) is 50.7 Å². The summed E-state index contributed by atoms with van der Waals surface area (Å²) in [7, 11) is 1.65. The Balaban J connectivity index is 0.00000392. The summed E-state index contributed by atoms with van der Waals surface area (Å²) in [6.07, 6.45) is 7.76. The molecule has 0 amide bonds. The molecule has 0 bridgehead atoms. The molecule has 2 aromatic carbocycles. The first-order valence-electron chi connectivity index (χ1n) is 9.98. The van der Waals surface area contributed by atoms with Gasteiger partial charge in [-0.2, -0.15) is 0 Å².